The zero-order valence-corrected chi connectivity index (χ0v) is 12.2. The molecule has 3 N–H and O–H groups in total. The van der Waals surface area contributed by atoms with Gasteiger partial charge in [-0.05, 0) is 23.8 Å². The number of anilines is 1. The number of amides is 1. The van der Waals surface area contributed by atoms with Gasteiger partial charge in [-0.1, -0.05) is 12.1 Å². The normalized spacial score (nSPS) is 10.5. The number of methoxy groups -OCH3 is 1. The van der Waals surface area contributed by atoms with Crippen molar-refractivity contribution in [3.63, 3.8) is 0 Å². The number of aromatic nitrogens is 1. The van der Waals surface area contributed by atoms with Gasteiger partial charge in [0.05, 0.1) is 13.3 Å². The summed E-state index contributed by atoms with van der Waals surface area (Å²) < 4.78 is 5.03. The Kier molecular flexibility index (Phi) is 4.93. The Morgan fingerprint density at radius 3 is 2.52 bits per heavy atom. The number of pyridine rings is 1. The van der Waals surface area contributed by atoms with E-state index in [1.807, 2.05) is 0 Å². The van der Waals surface area contributed by atoms with Gasteiger partial charge in [0.15, 0.2) is 5.75 Å². The van der Waals surface area contributed by atoms with Crippen molar-refractivity contribution < 1.29 is 24.5 Å². The molecule has 118 valence electrons. The van der Waals surface area contributed by atoms with Crippen molar-refractivity contribution >= 4 is 23.6 Å². The van der Waals surface area contributed by atoms with E-state index >= 15 is 0 Å². The van der Waals surface area contributed by atoms with Crippen molar-refractivity contribution in [3.05, 3.63) is 53.9 Å². The number of ether oxygens (including phenoxy) is 1. The number of rotatable bonds is 5. The Morgan fingerprint density at radius 1 is 1.22 bits per heavy atom. The molecule has 0 spiro atoms. The standard InChI is InChI=1S/C16H14N2O5/c1-23-11-5-2-10(3-6-11)4-7-14(20)18-15-12(16(21)22)8-17-9-13(15)19/h2-9,19H,1H3,(H,21,22)(H,17,18,20)/b7-4+. The summed E-state index contributed by atoms with van der Waals surface area (Å²) in [6, 6.07) is 7.01. The van der Waals surface area contributed by atoms with E-state index in [1.54, 1.807) is 37.5 Å². The van der Waals surface area contributed by atoms with Gasteiger partial charge in [0.1, 0.15) is 17.0 Å². The minimum Gasteiger partial charge on any atom is -0.504 e. The molecule has 2 aromatic rings. The van der Waals surface area contributed by atoms with Gasteiger partial charge in [0.2, 0.25) is 5.91 Å². The van der Waals surface area contributed by atoms with E-state index in [9.17, 15) is 14.7 Å². The summed E-state index contributed by atoms with van der Waals surface area (Å²) in [5.41, 5.74) is 0.270. The highest BCUT2D eigenvalue weighted by Crippen LogP contribution is 2.26. The molecule has 1 heterocycles. The zero-order chi connectivity index (χ0) is 16.8. The quantitative estimate of drug-likeness (QED) is 0.730. The van der Waals surface area contributed by atoms with E-state index in [4.69, 9.17) is 9.84 Å². The van der Waals surface area contributed by atoms with Crippen molar-refractivity contribution in [2.24, 2.45) is 0 Å². The Balaban J connectivity index is 2.13. The summed E-state index contributed by atoms with van der Waals surface area (Å²) in [7, 11) is 1.56. The molecule has 0 saturated heterocycles. The molecule has 0 bridgehead atoms. The van der Waals surface area contributed by atoms with Crippen LogP contribution in [0.5, 0.6) is 11.5 Å². The van der Waals surface area contributed by atoms with Crippen LogP contribution in [0.15, 0.2) is 42.7 Å². The third-order valence-electron chi connectivity index (χ3n) is 2.95. The van der Waals surface area contributed by atoms with Gasteiger partial charge in [0.25, 0.3) is 0 Å². The predicted molar refractivity (Wildman–Crippen MR) is 83.5 cm³/mol. The van der Waals surface area contributed by atoms with Crippen LogP contribution < -0.4 is 10.1 Å². The van der Waals surface area contributed by atoms with Crippen LogP contribution in [-0.4, -0.2) is 34.2 Å². The molecule has 1 aromatic heterocycles. The molecule has 2 rings (SSSR count). The van der Waals surface area contributed by atoms with Gasteiger partial charge in [-0.25, -0.2) is 4.79 Å². The monoisotopic (exact) mass is 314 g/mol. The van der Waals surface area contributed by atoms with Gasteiger partial charge in [0, 0.05) is 12.3 Å². The van der Waals surface area contributed by atoms with Crippen LogP contribution in [0.3, 0.4) is 0 Å². The van der Waals surface area contributed by atoms with E-state index in [1.165, 1.54) is 6.08 Å². The smallest absolute Gasteiger partial charge is 0.339 e. The van der Waals surface area contributed by atoms with Crippen LogP contribution in [-0.2, 0) is 4.79 Å². The number of carboxylic acid groups (broad SMARTS) is 1. The first-order valence-corrected chi connectivity index (χ1v) is 6.54. The van der Waals surface area contributed by atoms with Crippen LogP contribution in [0.25, 0.3) is 6.08 Å². The predicted octanol–water partition coefficient (Wildman–Crippen LogP) is 2.15. The van der Waals surface area contributed by atoms with Crippen LogP contribution in [0, 0.1) is 0 Å². The number of benzene rings is 1. The lowest BCUT2D eigenvalue weighted by Crippen LogP contribution is -2.12. The fourth-order valence-electron chi connectivity index (χ4n) is 1.79. The second-order valence-corrected chi connectivity index (χ2v) is 4.48. The molecular formula is C16H14N2O5. The number of carbonyl (C=O) groups excluding carboxylic acids is 1. The molecule has 0 atom stereocenters. The lowest BCUT2D eigenvalue weighted by atomic mass is 10.2. The number of aromatic hydroxyl groups is 1. The van der Waals surface area contributed by atoms with Crippen LogP contribution in [0.2, 0.25) is 0 Å². The van der Waals surface area contributed by atoms with E-state index in [0.717, 1.165) is 18.0 Å². The number of carboxylic acids is 1. The van der Waals surface area contributed by atoms with Gasteiger partial charge < -0.3 is 20.3 Å². The van der Waals surface area contributed by atoms with Crippen LogP contribution in [0.4, 0.5) is 5.69 Å². The van der Waals surface area contributed by atoms with Crippen LogP contribution >= 0.6 is 0 Å². The van der Waals surface area contributed by atoms with Crippen molar-refractivity contribution in [3.8, 4) is 11.5 Å². The summed E-state index contributed by atoms with van der Waals surface area (Å²) in [5, 5.41) is 21.0. The van der Waals surface area contributed by atoms with E-state index in [2.05, 4.69) is 10.3 Å². The van der Waals surface area contributed by atoms with Gasteiger partial charge >= 0.3 is 5.97 Å². The number of nitrogens with one attached hydrogen (secondary N) is 1. The van der Waals surface area contributed by atoms with Crippen molar-refractivity contribution in [1.82, 2.24) is 4.98 Å². The maximum atomic E-state index is 11.9. The maximum absolute atomic E-state index is 11.9. The second kappa shape index (κ2) is 7.08. The number of hydrogen-bond donors (Lipinski definition) is 3. The summed E-state index contributed by atoms with van der Waals surface area (Å²) in [6.45, 7) is 0. The Hall–Kier alpha value is -3.35. The third kappa shape index (κ3) is 4.07. The lowest BCUT2D eigenvalue weighted by Gasteiger charge is -2.07. The Labute approximate surface area is 131 Å². The Bertz CT molecular complexity index is 754. The second-order valence-electron chi connectivity index (χ2n) is 4.48. The van der Waals surface area contributed by atoms with Crippen molar-refractivity contribution in [1.29, 1.82) is 0 Å². The number of carbonyl (C=O) groups is 2. The summed E-state index contributed by atoms with van der Waals surface area (Å²) in [4.78, 5) is 26.5. The minimum atomic E-state index is -1.30. The summed E-state index contributed by atoms with van der Waals surface area (Å²) >= 11 is 0. The first-order valence-electron chi connectivity index (χ1n) is 6.54. The first kappa shape index (κ1) is 16.0. The Morgan fingerprint density at radius 2 is 1.91 bits per heavy atom. The molecule has 0 radical (unpaired) electrons. The molecule has 0 unspecified atom stereocenters. The number of aromatic carboxylic acids is 1. The molecule has 0 aliphatic heterocycles. The molecule has 0 aliphatic carbocycles. The molecule has 0 saturated carbocycles. The zero-order valence-electron chi connectivity index (χ0n) is 12.2. The largest absolute Gasteiger partial charge is 0.504 e. The van der Waals surface area contributed by atoms with E-state index < -0.39 is 17.6 Å². The molecule has 0 fully saturated rings. The summed E-state index contributed by atoms with van der Waals surface area (Å²) in [6.07, 6.45) is 4.88. The highest BCUT2D eigenvalue weighted by Gasteiger charge is 2.15. The molecule has 1 aromatic carbocycles. The van der Waals surface area contributed by atoms with E-state index in [0.29, 0.717) is 5.75 Å². The fraction of sp³-hybridized carbons (Fsp3) is 0.0625. The summed E-state index contributed by atoms with van der Waals surface area (Å²) in [5.74, 6) is -1.61. The average molecular weight is 314 g/mol. The van der Waals surface area contributed by atoms with Crippen molar-refractivity contribution in [2.45, 2.75) is 0 Å². The lowest BCUT2D eigenvalue weighted by molar-refractivity contribution is -0.111. The average Bonchev–Trinajstić information content (AvgIpc) is 2.55. The minimum absolute atomic E-state index is 0.197. The van der Waals surface area contributed by atoms with Crippen molar-refractivity contribution in [2.75, 3.05) is 12.4 Å². The van der Waals surface area contributed by atoms with Gasteiger partial charge in [-0.3, -0.25) is 9.78 Å². The van der Waals surface area contributed by atoms with Crippen LogP contribution in [0.1, 0.15) is 15.9 Å². The molecule has 23 heavy (non-hydrogen) atoms. The molecule has 1 amide bonds. The highest BCUT2D eigenvalue weighted by atomic mass is 16.5. The van der Waals surface area contributed by atoms with E-state index in [-0.39, 0.29) is 11.3 Å². The SMILES string of the molecule is COc1ccc(/C=C/C(=O)Nc2c(O)cncc2C(=O)O)cc1. The molecule has 0 aliphatic rings. The highest BCUT2D eigenvalue weighted by molar-refractivity contribution is 6.07. The number of hydrogen-bond acceptors (Lipinski definition) is 5. The fourth-order valence-corrected chi connectivity index (χ4v) is 1.79. The molecular weight excluding hydrogens is 300 g/mol. The molecule has 7 nitrogen and oxygen atoms in total. The topological polar surface area (TPSA) is 109 Å². The maximum Gasteiger partial charge on any atom is 0.339 e. The van der Waals surface area contributed by atoms with Gasteiger partial charge in [-0.15, -0.1) is 0 Å². The molecule has 7 heteroatoms. The van der Waals surface area contributed by atoms with Gasteiger partial charge in [-0.2, -0.15) is 0 Å². The number of nitrogens with zero attached hydrogens (tertiary/aromatic N) is 1. The third-order valence-corrected chi connectivity index (χ3v) is 2.95. The first-order chi connectivity index (χ1) is 11.0.